The predicted octanol–water partition coefficient (Wildman–Crippen LogP) is 7.98. The summed E-state index contributed by atoms with van der Waals surface area (Å²) in [6.07, 6.45) is 12.8. The van der Waals surface area contributed by atoms with Crippen LogP contribution in [0.15, 0.2) is 11.6 Å². The third-order valence-corrected chi connectivity index (χ3v) is 14.3. The molecule has 0 heterocycles. The van der Waals surface area contributed by atoms with E-state index in [0.717, 1.165) is 38.0 Å². The van der Waals surface area contributed by atoms with E-state index < -0.39 is 17.4 Å². The van der Waals surface area contributed by atoms with Gasteiger partial charge in [0.25, 0.3) is 0 Å². The Morgan fingerprint density at radius 1 is 0.923 bits per heavy atom. The SMILES string of the molecule is C[C@@H]1CC[C@]2(C)CC[C@]3(C)C(=CCC4[C@@]5(C)CC[C@@H](OCCCC(=O)O)[C@](C)(C(=O)O)C5CC[C@]43C)C2[C@H]1C. The molecule has 220 valence electrons. The van der Waals surface area contributed by atoms with Gasteiger partial charge >= 0.3 is 11.9 Å². The van der Waals surface area contributed by atoms with Crippen LogP contribution in [0.3, 0.4) is 0 Å². The molecule has 3 unspecified atom stereocenters. The highest BCUT2D eigenvalue weighted by Crippen LogP contribution is 2.75. The Morgan fingerprint density at radius 2 is 1.64 bits per heavy atom. The van der Waals surface area contributed by atoms with Crippen LogP contribution in [0.2, 0.25) is 0 Å². The Hall–Kier alpha value is -1.36. The fourth-order valence-electron chi connectivity index (χ4n) is 11.5. The van der Waals surface area contributed by atoms with Gasteiger partial charge in [-0.1, -0.05) is 53.2 Å². The topological polar surface area (TPSA) is 83.8 Å². The quantitative estimate of drug-likeness (QED) is 0.263. The zero-order valence-corrected chi connectivity index (χ0v) is 25.6. The molecule has 0 spiro atoms. The molecule has 0 saturated heterocycles. The Bertz CT molecular complexity index is 1030. The molecular formula is C34H54O5. The molecule has 5 aliphatic carbocycles. The van der Waals surface area contributed by atoms with Crippen molar-refractivity contribution in [1.29, 1.82) is 0 Å². The average Bonchev–Trinajstić information content (AvgIpc) is 2.86. The first-order chi connectivity index (χ1) is 18.1. The lowest BCUT2D eigenvalue weighted by atomic mass is 9.33. The van der Waals surface area contributed by atoms with Gasteiger partial charge in [-0.2, -0.15) is 0 Å². The van der Waals surface area contributed by atoms with Crippen molar-refractivity contribution in [3.8, 4) is 0 Å². The molecule has 5 aliphatic rings. The van der Waals surface area contributed by atoms with Crippen molar-refractivity contribution in [2.75, 3.05) is 6.61 Å². The zero-order chi connectivity index (χ0) is 28.6. The van der Waals surface area contributed by atoms with Crippen molar-refractivity contribution in [3.05, 3.63) is 11.6 Å². The van der Waals surface area contributed by atoms with E-state index in [2.05, 4.69) is 47.6 Å². The molecule has 0 bridgehead atoms. The fourth-order valence-corrected chi connectivity index (χ4v) is 11.5. The van der Waals surface area contributed by atoms with Gasteiger partial charge in [0.15, 0.2) is 0 Å². The molecule has 0 aliphatic heterocycles. The molecule has 0 aromatic heterocycles. The Labute approximate surface area is 236 Å². The van der Waals surface area contributed by atoms with Crippen molar-refractivity contribution in [3.63, 3.8) is 0 Å². The first kappa shape index (κ1) is 29.1. The standard InChI is InChI=1S/C34H54O5/c1-21-12-15-30(3)18-19-32(5)23(28(30)22(21)2)10-11-24-31(4)16-14-26(39-20-8-9-27(35)36)34(7,29(37)38)25(31)13-17-33(24,32)6/h10,21-22,24-26,28H,8-9,11-20H2,1-7H3,(H,35,36)(H,37,38)/t21-,22+,24?,25?,26-,28?,30-,31-,32-,33-,34-/m1/s1. The molecule has 4 saturated carbocycles. The number of aliphatic carboxylic acids is 2. The van der Waals surface area contributed by atoms with Crippen LogP contribution in [0.5, 0.6) is 0 Å². The molecule has 5 nitrogen and oxygen atoms in total. The number of ether oxygens (including phenoxy) is 1. The van der Waals surface area contributed by atoms with E-state index >= 15 is 0 Å². The van der Waals surface area contributed by atoms with Crippen LogP contribution in [0, 0.1) is 56.7 Å². The first-order valence-electron chi connectivity index (χ1n) is 15.9. The molecule has 5 rings (SSSR count). The second-order valence-electron chi connectivity index (χ2n) is 15.8. The summed E-state index contributed by atoms with van der Waals surface area (Å²) in [6.45, 7) is 17.4. The molecule has 0 aromatic carbocycles. The maximum atomic E-state index is 13.0. The molecule has 11 atom stereocenters. The van der Waals surface area contributed by atoms with Crippen molar-refractivity contribution in [2.24, 2.45) is 56.7 Å². The van der Waals surface area contributed by atoms with Gasteiger partial charge in [-0.3, -0.25) is 9.59 Å². The summed E-state index contributed by atoms with van der Waals surface area (Å²) in [5.41, 5.74) is 1.49. The Kier molecular flexibility index (Phi) is 7.17. The number of fused-ring (bicyclic) bond motifs is 7. The van der Waals surface area contributed by atoms with Crippen LogP contribution >= 0.6 is 0 Å². The summed E-state index contributed by atoms with van der Waals surface area (Å²) in [5, 5.41) is 19.7. The molecular weight excluding hydrogens is 488 g/mol. The maximum absolute atomic E-state index is 13.0. The molecule has 39 heavy (non-hydrogen) atoms. The van der Waals surface area contributed by atoms with E-state index in [1.165, 1.54) is 25.7 Å². The average molecular weight is 543 g/mol. The highest BCUT2D eigenvalue weighted by atomic mass is 16.5. The lowest BCUT2D eigenvalue weighted by Crippen LogP contribution is -2.66. The minimum Gasteiger partial charge on any atom is -0.481 e. The molecule has 0 radical (unpaired) electrons. The number of carboxylic acid groups (broad SMARTS) is 2. The number of carboxylic acids is 2. The minimum atomic E-state index is -0.957. The smallest absolute Gasteiger partial charge is 0.312 e. The van der Waals surface area contributed by atoms with Gasteiger partial charge in [-0.25, -0.2) is 0 Å². The number of hydrogen-bond donors (Lipinski definition) is 2. The molecule has 5 heteroatoms. The van der Waals surface area contributed by atoms with Crippen molar-refractivity contribution >= 4 is 11.9 Å². The second-order valence-corrected chi connectivity index (χ2v) is 15.8. The number of carbonyl (C=O) groups is 2. The molecule has 0 amide bonds. The van der Waals surface area contributed by atoms with Crippen molar-refractivity contribution < 1.29 is 24.5 Å². The summed E-state index contributed by atoms with van der Waals surface area (Å²) in [4.78, 5) is 24.0. The zero-order valence-electron chi connectivity index (χ0n) is 25.6. The highest BCUT2D eigenvalue weighted by molar-refractivity contribution is 5.76. The monoisotopic (exact) mass is 542 g/mol. The van der Waals surface area contributed by atoms with Crippen LogP contribution in [-0.4, -0.2) is 34.9 Å². The largest absolute Gasteiger partial charge is 0.481 e. The van der Waals surface area contributed by atoms with E-state index in [1.807, 2.05) is 6.92 Å². The van der Waals surface area contributed by atoms with Crippen molar-refractivity contribution in [2.45, 2.75) is 125 Å². The summed E-state index contributed by atoms with van der Waals surface area (Å²) in [7, 11) is 0. The van der Waals surface area contributed by atoms with E-state index in [-0.39, 0.29) is 34.7 Å². The third kappa shape index (κ3) is 4.02. The fraction of sp³-hybridized carbons (Fsp3) is 0.882. The van der Waals surface area contributed by atoms with E-state index in [0.29, 0.717) is 36.2 Å². The first-order valence-corrected chi connectivity index (χ1v) is 15.9. The summed E-state index contributed by atoms with van der Waals surface area (Å²) in [5.74, 6) is 1.09. The molecule has 2 N–H and O–H groups in total. The predicted molar refractivity (Wildman–Crippen MR) is 153 cm³/mol. The molecule has 4 fully saturated rings. The normalized spacial score (nSPS) is 51.0. The Balaban J connectivity index is 1.48. The van der Waals surface area contributed by atoms with Crippen molar-refractivity contribution in [1.82, 2.24) is 0 Å². The lowest BCUT2D eigenvalue weighted by molar-refractivity contribution is -0.224. The van der Waals surface area contributed by atoms with Gasteiger partial charge in [0.2, 0.25) is 0 Å². The highest BCUT2D eigenvalue weighted by Gasteiger charge is 2.70. The van der Waals surface area contributed by atoms with Crippen LogP contribution in [0.25, 0.3) is 0 Å². The maximum Gasteiger partial charge on any atom is 0.312 e. The second kappa shape index (κ2) is 9.60. The minimum absolute atomic E-state index is 0.0554. The summed E-state index contributed by atoms with van der Waals surface area (Å²) in [6, 6.07) is 0. The number of allylic oxidation sites excluding steroid dienone is 2. The molecule has 0 aromatic rings. The third-order valence-electron chi connectivity index (χ3n) is 14.3. The van der Waals surface area contributed by atoms with E-state index in [4.69, 9.17) is 9.84 Å². The van der Waals surface area contributed by atoms with Crippen LogP contribution in [0.4, 0.5) is 0 Å². The van der Waals surface area contributed by atoms with Gasteiger partial charge in [-0.05, 0) is 122 Å². The van der Waals surface area contributed by atoms with Gasteiger partial charge in [0, 0.05) is 13.0 Å². The van der Waals surface area contributed by atoms with Gasteiger partial charge in [0.05, 0.1) is 11.5 Å². The van der Waals surface area contributed by atoms with Gasteiger partial charge in [0.1, 0.15) is 0 Å². The van der Waals surface area contributed by atoms with Crippen LogP contribution in [-0.2, 0) is 14.3 Å². The van der Waals surface area contributed by atoms with E-state index in [1.54, 1.807) is 5.57 Å². The summed E-state index contributed by atoms with van der Waals surface area (Å²) >= 11 is 0. The van der Waals surface area contributed by atoms with Crippen LogP contribution < -0.4 is 0 Å². The lowest BCUT2D eigenvalue weighted by Gasteiger charge is -2.71. The number of rotatable bonds is 6. The van der Waals surface area contributed by atoms with Crippen LogP contribution in [0.1, 0.15) is 119 Å². The Morgan fingerprint density at radius 3 is 2.31 bits per heavy atom. The van der Waals surface area contributed by atoms with E-state index in [9.17, 15) is 14.7 Å². The van der Waals surface area contributed by atoms with Gasteiger partial charge in [-0.15, -0.1) is 0 Å². The van der Waals surface area contributed by atoms with Gasteiger partial charge < -0.3 is 14.9 Å². The summed E-state index contributed by atoms with van der Waals surface area (Å²) < 4.78 is 6.21. The number of hydrogen-bond acceptors (Lipinski definition) is 3.